The fourth-order valence-corrected chi connectivity index (χ4v) is 0.345. The van der Waals surface area contributed by atoms with Crippen molar-refractivity contribution in [2.24, 2.45) is 4.99 Å². The maximum atomic E-state index is 4.09. The summed E-state index contributed by atoms with van der Waals surface area (Å²) in [5.41, 5.74) is 0.982. The van der Waals surface area contributed by atoms with Crippen LogP contribution in [0.5, 0.6) is 0 Å². The molecule has 0 aliphatic carbocycles. The van der Waals surface area contributed by atoms with E-state index >= 15 is 0 Å². The second-order valence-corrected chi connectivity index (χ2v) is 2.23. The third-order valence-corrected chi connectivity index (χ3v) is 1.17. The van der Waals surface area contributed by atoms with Gasteiger partial charge in [0.05, 0.1) is 0 Å². The quantitative estimate of drug-likeness (QED) is 0.412. The second-order valence-electron chi connectivity index (χ2n) is 1.56. The Morgan fingerprint density at radius 3 is 2.12 bits per heavy atom. The molecule has 0 unspecified atom stereocenters. The molecule has 8 heavy (non-hydrogen) atoms. The summed E-state index contributed by atoms with van der Waals surface area (Å²) in [6.07, 6.45) is 1.76. The minimum atomic E-state index is 0.975. The molecule has 1 nitrogen and oxygen atoms in total. The van der Waals surface area contributed by atoms with E-state index in [-0.39, 0.29) is 0 Å². The summed E-state index contributed by atoms with van der Waals surface area (Å²) in [5, 5.41) is 0. The molecular weight excluding hydrogens is 118 g/mol. The van der Waals surface area contributed by atoms with Crippen LogP contribution in [-0.4, -0.2) is 6.21 Å². The maximum Gasteiger partial charge on any atom is 0.0457 e. The van der Waals surface area contributed by atoms with E-state index in [1.54, 1.807) is 6.21 Å². The molecule has 0 bridgehead atoms. The van der Waals surface area contributed by atoms with Crippen molar-refractivity contribution in [1.82, 2.24) is 0 Å². The Bertz CT molecular complexity index is 120. The Kier molecular flexibility index (Phi) is 3.61. The molecule has 0 atom stereocenters. The lowest BCUT2D eigenvalue weighted by molar-refractivity contribution is 1.28. The Morgan fingerprint density at radius 2 is 2.00 bits per heavy atom. The highest BCUT2D eigenvalue weighted by Gasteiger charge is 1.83. The summed E-state index contributed by atoms with van der Waals surface area (Å²) in [6.45, 7) is 5.74. The van der Waals surface area contributed by atoms with Crippen LogP contribution < -0.4 is 0 Å². The van der Waals surface area contributed by atoms with Crippen molar-refractivity contribution in [1.29, 1.82) is 0 Å². The highest BCUT2D eigenvalue weighted by atomic mass is 32.1. The zero-order valence-corrected chi connectivity index (χ0v) is 6.37. The third-order valence-electron chi connectivity index (χ3n) is 0.846. The molecule has 0 aromatic carbocycles. The third kappa shape index (κ3) is 2.86. The van der Waals surface area contributed by atoms with Gasteiger partial charge in [0.25, 0.3) is 0 Å². The molecule has 0 aromatic heterocycles. The molecule has 0 amide bonds. The highest BCUT2D eigenvalue weighted by molar-refractivity contribution is 7.84. The predicted octanol–water partition coefficient (Wildman–Crippen LogP) is 2.26. The van der Waals surface area contributed by atoms with Crippen LogP contribution in [0.4, 0.5) is 0 Å². The van der Waals surface area contributed by atoms with Crippen LogP contribution >= 0.6 is 12.6 Å². The zero-order chi connectivity index (χ0) is 6.57. The fraction of sp³-hybridized carbons (Fsp3) is 0.500. The number of allylic oxidation sites excluding steroid dienone is 2. The maximum absolute atomic E-state index is 4.09. The van der Waals surface area contributed by atoms with Crippen molar-refractivity contribution in [2.75, 3.05) is 0 Å². The standard InChI is InChI=1S/C6H11NS/c1-4-7-5(2)6(3)8/h4,8H,1-3H3/b6-5-,7-4-. The summed E-state index contributed by atoms with van der Waals surface area (Å²) in [4.78, 5) is 4.98. The molecule has 0 saturated carbocycles. The largest absolute Gasteiger partial charge is 0.265 e. The topological polar surface area (TPSA) is 12.4 Å². The molecule has 0 aromatic rings. The van der Waals surface area contributed by atoms with Crippen molar-refractivity contribution >= 4 is 18.8 Å². The van der Waals surface area contributed by atoms with Gasteiger partial charge < -0.3 is 0 Å². The van der Waals surface area contributed by atoms with E-state index in [0.29, 0.717) is 0 Å². The lowest BCUT2D eigenvalue weighted by Gasteiger charge is -1.90. The van der Waals surface area contributed by atoms with Gasteiger partial charge in [0.15, 0.2) is 0 Å². The van der Waals surface area contributed by atoms with Gasteiger partial charge in [0, 0.05) is 11.9 Å². The average Bonchev–Trinajstić information content (AvgIpc) is 1.67. The lowest BCUT2D eigenvalue weighted by Crippen LogP contribution is -1.70. The van der Waals surface area contributed by atoms with E-state index in [2.05, 4.69) is 17.6 Å². The number of thiol groups is 1. The summed E-state index contributed by atoms with van der Waals surface area (Å²) in [7, 11) is 0. The number of rotatable bonds is 1. The molecule has 0 heterocycles. The van der Waals surface area contributed by atoms with Gasteiger partial charge in [-0.15, -0.1) is 12.6 Å². The normalized spacial score (nSPS) is 14.5. The van der Waals surface area contributed by atoms with E-state index in [0.717, 1.165) is 10.6 Å². The summed E-state index contributed by atoms with van der Waals surface area (Å²) < 4.78 is 0. The minimum Gasteiger partial charge on any atom is -0.265 e. The van der Waals surface area contributed by atoms with E-state index in [1.165, 1.54) is 0 Å². The second kappa shape index (κ2) is 3.72. The van der Waals surface area contributed by atoms with Crippen LogP contribution in [0, 0.1) is 0 Å². The molecule has 0 rings (SSSR count). The summed E-state index contributed by atoms with van der Waals surface area (Å²) >= 11 is 4.09. The Labute approximate surface area is 55.9 Å². The smallest absolute Gasteiger partial charge is 0.0457 e. The molecule has 46 valence electrons. The zero-order valence-electron chi connectivity index (χ0n) is 5.47. The van der Waals surface area contributed by atoms with Crippen molar-refractivity contribution in [2.45, 2.75) is 20.8 Å². The van der Waals surface area contributed by atoms with Crippen molar-refractivity contribution in [3.63, 3.8) is 0 Å². The van der Waals surface area contributed by atoms with Gasteiger partial charge in [0.1, 0.15) is 0 Å². The number of hydrogen-bond acceptors (Lipinski definition) is 2. The Morgan fingerprint density at radius 1 is 1.50 bits per heavy atom. The first-order valence-corrected chi connectivity index (χ1v) is 2.98. The molecule has 0 aliphatic heterocycles. The van der Waals surface area contributed by atoms with Crippen molar-refractivity contribution in [3.05, 3.63) is 10.6 Å². The minimum absolute atomic E-state index is 0.975. The van der Waals surface area contributed by atoms with Gasteiger partial charge in [-0.3, -0.25) is 4.99 Å². The van der Waals surface area contributed by atoms with Crippen LogP contribution in [-0.2, 0) is 0 Å². The van der Waals surface area contributed by atoms with Gasteiger partial charge in [-0.2, -0.15) is 0 Å². The van der Waals surface area contributed by atoms with Gasteiger partial charge >= 0.3 is 0 Å². The SMILES string of the molecule is C/C=N\C(C)=C(\C)S. The average molecular weight is 129 g/mol. The monoisotopic (exact) mass is 129 g/mol. The van der Waals surface area contributed by atoms with E-state index in [4.69, 9.17) is 0 Å². The van der Waals surface area contributed by atoms with Gasteiger partial charge in [-0.05, 0) is 25.7 Å². The van der Waals surface area contributed by atoms with Crippen LogP contribution in [0.25, 0.3) is 0 Å². The first-order valence-electron chi connectivity index (χ1n) is 2.53. The van der Waals surface area contributed by atoms with Crippen LogP contribution in [0.1, 0.15) is 20.8 Å². The number of aliphatic imine (C=N–C) groups is 1. The van der Waals surface area contributed by atoms with E-state index < -0.39 is 0 Å². The van der Waals surface area contributed by atoms with Crippen molar-refractivity contribution in [3.8, 4) is 0 Å². The summed E-state index contributed by atoms with van der Waals surface area (Å²) in [5.74, 6) is 0. The van der Waals surface area contributed by atoms with Gasteiger partial charge in [-0.25, -0.2) is 0 Å². The van der Waals surface area contributed by atoms with Crippen molar-refractivity contribution < 1.29 is 0 Å². The van der Waals surface area contributed by atoms with E-state index in [9.17, 15) is 0 Å². The van der Waals surface area contributed by atoms with Gasteiger partial charge in [-0.1, -0.05) is 0 Å². The molecule has 0 N–H and O–H groups in total. The lowest BCUT2D eigenvalue weighted by atomic mass is 10.5. The Hall–Kier alpha value is -0.240. The molecular formula is C6H11NS. The molecule has 0 fully saturated rings. The fourth-order valence-electron chi connectivity index (χ4n) is 0.287. The van der Waals surface area contributed by atoms with Gasteiger partial charge in [0.2, 0.25) is 0 Å². The van der Waals surface area contributed by atoms with E-state index in [1.807, 2.05) is 20.8 Å². The molecule has 2 heteroatoms. The number of nitrogens with zero attached hydrogens (tertiary/aromatic N) is 1. The molecule has 0 radical (unpaired) electrons. The number of hydrogen-bond donors (Lipinski definition) is 1. The first-order chi connectivity index (χ1) is 3.68. The van der Waals surface area contributed by atoms with Crippen LogP contribution in [0.2, 0.25) is 0 Å². The van der Waals surface area contributed by atoms with Crippen LogP contribution in [0.15, 0.2) is 15.6 Å². The van der Waals surface area contributed by atoms with Crippen LogP contribution in [0.3, 0.4) is 0 Å². The predicted molar refractivity (Wildman–Crippen MR) is 41.5 cm³/mol. The molecule has 0 spiro atoms. The Balaban J connectivity index is 4.00. The molecule has 0 saturated heterocycles. The highest BCUT2D eigenvalue weighted by Crippen LogP contribution is 2.06. The molecule has 0 aliphatic rings. The first kappa shape index (κ1) is 7.76. The summed E-state index contributed by atoms with van der Waals surface area (Å²) in [6, 6.07) is 0.